The van der Waals surface area contributed by atoms with Crippen molar-refractivity contribution in [1.82, 2.24) is 9.97 Å². The van der Waals surface area contributed by atoms with Gasteiger partial charge in [0.2, 0.25) is 0 Å². The Balaban J connectivity index is 2.24. The largest absolute Gasteiger partial charge is 0.397 e. The van der Waals surface area contributed by atoms with E-state index in [2.05, 4.69) is 16.0 Å². The fourth-order valence-corrected chi connectivity index (χ4v) is 2.24. The molecule has 0 saturated carbocycles. The molecule has 4 heteroatoms. The highest BCUT2D eigenvalue weighted by Crippen LogP contribution is 2.26. The lowest BCUT2D eigenvalue weighted by molar-refractivity contribution is 0.932. The number of nitrogens with zero attached hydrogens (tertiary/aromatic N) is 1. The van der Waals surface area contributed by atoms with Crippen LogP contribution in [0.25, 0.3) is 16.5 Å². The standard InChI is InChI=1S/C13H13N3O/c14-9-5-10-12(15-7-9)6-11(16-13(10)17)8-3-1-2-4-8/h3,5-7H,1-2,4,14H2,(H,16,17). The highest BCUT2D eigenvalue weighted by atomic mass is 16.1. The number of rotatable bonds is 1. The molecule has 3 N–H and O–H groups in total. The first-order valence-corrected chi connectivity index (χ1v) is 5.72. The van der Waals surface area contributed by atoms with Crippen LogP contribution in [0.2, 0.25) is 0 Å². The van der Waals surface area contributed by atoms with Crippen LogP contribution in [0.1, 0.15) is 25.0 Å². The fourth-order valence-electron chi connectivity index (χ4n) is 2.24. The van der Waals surface area contributed by atoms with Crippen LogP contribution < -0.4 is 11.3 Å². The Hall–Kier alpha value is -2.10. The molecule has 0 radical (unpaired) electrons. The minimum atomic E-state index is -0.120. The van der Waals surface area contributed by atoms with Gasteiger partial charge in [0, 0.05) is 5.69 Å². The summed E-state index contributed by atoms with van der Waals surface area (Å²) in [6.07, 6.45) is 7.02. The number of anilines is 1. The van der Waals surface area contributed by atoms with E-state index in [0.717, 1.165) is 25.0 Å². The highest BCUT2D eigenvalue weighted by Gasteiger charge is 2.10. The molecule has 1 aliphatic rings. The first kappa shape index (κ1) is 10.1. The predicted molar refractivity (Wildman–Crippen MR) is 68.6 cm³/mol. The number of nitrogens with one attached hydrogen (secondary N) is 1. The van der Waals surface area contributed by atoms with Crippen molar-refractivity contribution in [2.45, 2.75) is 19.3 Å². The third kappa shape index (κ3) is 1.71. The summed E-state index contributed by atoms with van der Waals surface area (Å²) in [7, 11) is 0. The number of hydrogen-bond acceptors (Lipinski definition) is 3. The predicted octanol–water partition coefficient (Wildman–Crippen LogP) is 2.07. The smallest absolute Gasteiger partial charge is 0.257 e. The molecule has 0 amide bonds. The first-order valence-electron chi connectivity index (χ1n) is 5.72. The molecule has 4 nitrogen and oxygen atoms in total. The molecule has 2 aromatic heterocycles. The number of hydrogen-bond donors (Lipinski definition) is 2. The van der Waals surface area contributed by atoms with Crippen LogP contribution in [0.15, 0.2) is 29.2 Å². The second-order valence-corrected chi connectivity index (χ2v) is 4.34. The molecular weight excluding hydrogens is 214 g/mol. The number of pyridine rings is 2. The molecule has 17 heavy (non-hydrogen) atoms. The van der Waals surface area contributed by atoms with Gasteiger partial charge in [0.05, 0.1) is 22.8 Å². The molecular formula is C13H13N3O. The second kappa shape index (κ2) is 3.73. The average molecular weight is 227 g/mol. The number of aromatic nitrogens is 2. The van der Waals surface area contributed by atoms with Crippen LogP contribution in [-0.2, 0) is 0 Å². The topological polar surface area (TPSA) is 71.8 Å². The zero-order valence-electron chi connectivity index (χ0n) is 9.36. The third-order valence-electron chi connectivity index (χ3n) is 3.10. The summed E-state index contributed by atoms with van der Waals surface area (Å²) in [5.74, 6) is 0. The van der Waals surface area contributed by atoms with Crippen LogP contribution in [0, 0.1) is 0 Å². The molecule has 0 bridgehead atoms. The van der Waals surface area contributed by atoms with Crippen molar-refractivity contribution in [3.63, 3.8) is 0 Å². The molecule has 1 aliphatic carbocycles. The summed E-state index contributed by atoms with van der Waals surface area (Å²) < 4.78 is 0. The van der Waals surface area contributed by atoms with Gasteiger partial charge in [-0.25, -0.2) is 0 Å². The quantitative estimate of drug-likeness (QED) is 0.783. The molecule has 0 aromatic carbocycles. The Bertz CT molecular complexity index is 670. The molecule has 0 atom stereocenters. The number of nitrogen functional groups attached to an aromatic ring is 1. The zero-order valence-corrected chi connectivity index (χ0v) is 9.36. The van der Waals surface area contributed by atoms with Gasteiger partial charge in [-0.1, -0.05) is 6.08 Å². The van der Waals surface area contributed by atoms with Gasteiger partial charge < -0.3 is 10.7 Å². The van der Waals surface area contributed by atoms with Crippen molar-refractivity contribution in [3.05, 3.63) is 40.5 Å². The molecule has 0 aliphatic heterocycles. The van der Waals surface area contributed by atoms with Gasteiger partial charge in [-0.15, -0.1) is 0 Å². The van der Waals surface area contributed by atoms with Crippen LogP contribution in [0.5, 0.6) is 0 Å². The minimum absolute atomic E-state index is 0.120. The van der Waals surface area contributed by atoms with E-state index in [1.54, 1.807) is 12.3 Å². The van der Waals surface area contributed by atoms with E-state index in [0.29, 0.717) is 16.6 Å². The second-order valence-electron chi connectivity index (χ2n) is 4.34. The Morgan fingerprint density at radius 1 is 1.35 bits per heavy atom. The van der Waals surface area contributed by atoms with Crippen molar-refractivity contribution >= 4 is 22.2 Å². The lowest BCUT2D eigenvalue weighted by Gasteiger charge is -2.04. The summed E-state index contributed by atoms with van der Waals surface area (Å²) in [6.45, 7) is 0. The van der Waals surface area contributed by atoms with E-state index in [-0.39, 0.29) is 5.56 Å². The van der Waals surface area contributed by atoms with E-state index in [9.17, 15) is 4.79 Å². The van der Waals surface area contributed by atoms with E-state index < -0.39 is 0 Å². The number of aromatic amines is 1. The van der Waals surface area contributed by atoms with Crippen molar-refractivity contribution < 1.29 is 0 Å². The zero-order chi connectivity index (χ0) is 11.8. The van der Waals surface area contributed by atoms with Gasteiger partial charge in [0.15, 0.2) is 0 Å². The third-order valence-corrected chi connectivity index (χ3v) is 3.10. The maximum absolute atomic E-state index is 11.9. The van der Waals surface area contributed by atoms with Crippen molar-refractivity contribution in [1.29, 1.82) is 0 Å². The number of allylic oxidation sites excluding steroid dienone is 2. The monoisotopic (exact) mass is 227 g/mol. The van der Waals surface area contributed by atoms with Gasteiger partial charge in [-0.3, -0.25) is 9.78 Å². The Morgan fingerprint density at radius 3 is 3.00 bits per heavy atom. The maximum atomic E-state index is 11.9. The SMILES string of the molecule is Nc1cnc2cc(C3=CCCC3)[nH]c(=O)c2c1. The van der Waals surface area contributed by atoms with E-state index in [1.165, 1.54) is 5.57 Å². The fraction of sp³-hybridized carbons (Fsp3) is 0.231. The number of fused-ring (bicyclic) bond motifs is 1. The Kier molecular flexibility index (Phi) is 2.21. The minimum Gasteiger partial charge on any atom is -0.397 e. The van der Waals surface area contributed by atoms with Crippen molar-refractivity contribution in [2.75, 3.05) is 5.73 Å². The highest BCUT2D eigenvalue weighted by molar-refractivity contribution is 5.83. The van der Waals surface area contributed by atoms with Gasteiger partial charge in [0.1, 0.15) is 0 Å². The van der Waals surface area contributed by atoms with Crippen molar-refractivity contribution in [2.24, 2.45) is 0 Å². The Morgan fingerprint density at radius 2 is 2.24 bits per heavy atom. The molecule has 0 spiro atoms. The molecule has 2 heterocycles. The average Bonchev–Trinajstić information content (AvgIpc) is 2.83. The van der Waals surface area contributed by atoms with E-state index in [1.807, 2.05) is 6.07 Å². The molecule has 86 valence electrons. The van der Waals surface area contributed by atoms with Gasteiger partial charge in [-0.2, -0.15) is 0 Å². The van der Waals surface area contributed by atoms with Gasteiger partial charge >= 0.3 is 0 Å². The lowest BCUT2D eigenvalue weighted by atomic mass is 10.1. The van der Waals surface area contributed by atoms with E-state index in [4.69, 9.17) is 5.73 Å². The maximum Gasteiger partial charge on any atom is 0.257 e. The van der Waals surface area contributed by atoms with Crippen LogP contribution in [0.4, 0.5) is 5.69 Å². The molecule has 2 aromatic rings. The molecule has 0 fully saturated rings. The van der Waals surface area contributed by atoms with Crippen LogP contribution in [-0.4, -0.2) is 9.97 Å². The van der Waals surface area contributed by atoms with Crippen LogP contribution in [0.3, 0.4) is 0 Å². The lowest BCUT2D eigenvalue weighted by Crippen LogP contribution is -2.09. The van der Waals surface area contributed by atoms with Crippen molar-refractivity contribution in [3.8, 4) is 0 Å². The summed E-state index contributed by atoms with van der Waals surface area (Å²) in [5.41, 5.74) is 8.81. The molecule has 0 saturated heterocycles. The summed E-state index contributed by atoms with van der Waals surface area (Å²) >= 11 is 0. The van der Waals surface area contributed by atoms with Gasteiger partial charge in [0.25, 0.3) is 5.56 Å². The summed E-state index contributed by atoms with van der Waals surface area (Å²) in [6, 6.07) is 3.58. The van der Waals surface area contributed by atoms with Gasteiger partial charge in [-0.05, 0) is 37.0 Å². The summed E-state index contributed by atoms with van der Waals surface area (Å²) in [5, 5.41) is 0.548. The normalized spacial score (nSPS) is 15.2. The Labute approximate surface area is 98.2 Å². The number of H-pyrrole nitrogens is 1. The number of nitrogens with two attached hydrogens (primary N) is 1. The molecule has 0 unspecified atom stereocenters. The first-order chi connectivity index (χ1) is 8.24. The van der Waals surface area contributed by atoms with Crippen LogP contribution >= 0.6 is 0 Å². The summed E-state index contributed by atoms with van der Waals surface area (Å²) in [4.78, 5) is 19.0. The van der Waals surface area contributed by atoms with E-state index >= 15 is 0 Å². The molecule has 3 rings (SSSR count).